The van der Waals surface area contributed by atoms with Crippen LogP contribution in [0.15, 0.2) is 0 Å². The third-order valence-electron chi connectivity index (χ3n) is 1.28. The lowest BCUT2D eigenvalue weighted by Gasteiger charge is -2.06. The van der Waals surface area contributed by atoms with E-state index in [1.165, 1.54) is 14.0 Å². The van der Waals surface area contributed by atoms with Crippen molar-refractivity contribution in [2.45, 2.75) is 20.8 Å². The first kappa shape index (κ1) is 19.0. The molecule has 0 aliphatic rings. The first-order chi connectivity index (χ1) is 8.66. The van der Waals surface area contributed by atoms with Crippen LogP contribution in [-0.4, -0.2) is 52.5 Å². The van der Waals surface area contributed by atoms with Crippen LogP contribution in [-0.2, 0) is 28.5 Å². The molecule has 0 radical (unpaired) electrons. The van der Waals surface area contributed by atoms with Crippen molar-refractivity contribution in [3.8, 4) is 0 Å². The summed E-state index contributed by atoms with van der Waals surface area (Å²) < 4.78 is 23.1. The number of rotatable bonds is 8. The summed E-state index contributed by atoms with van der Waals surface area (Å²) in [5.74, 6) is -0.358. The molecule has 18 heavy (non-hydrogen) atoms. The molecule has 0 aromatic carbocycles. The van der Waals surface area contributed by atoms with Crippen LogP contribution in [0.1, 0.15) is 20.8 Å². The van der Waals surface area contributed by atoms with E-state index in [1.807, 2.05) is 13.8 Å². The smallest absolute Gasteiger partial charge is 0.463 e. The second-order valence-corrected chi connectivity index (χ2v) is 2.60. The van der Waals surface area contributed by atoms with Gasteiger partial charge in [0, 0.05) is 14.0 Å². The Morgan fingerprint density at radius 2 is 1.44 bits per heavy atom. The molecule has 0 atom stereocenters. The monoisotopic (exact) mass is 266 g/mol. The molecule has 0 fully saturated rings. The largest absolute Gasteiger partial charge is 0.510 e. The van der Waals surface area contributed by atoms with Gasteiger partial charge in [-0.2, -0.15) is 0 Å². The molecule has 7 heteroatoms. The molecule has 0 N–H and O–H groups in total. The van der Waals surface area contributed by atoms with Crippen molar-refractivity contribution in [1.29, 1.82) is 0 Å². The number of carbonyl (C=O) groups is 2. The minimum atomic E-state index is -0.814. The van der Waals surface area contributed by atoms with Gasteiger partial charge in [-0.1, -0.05) is 13.8 Å². The summed E-state index contributed by atoms with van der Waals surface area (Å²) in [6.45, 7) is 5.90. The van der Waals surface area contributed by atoms with E-state index in [1.54, 1.807) is 0 Å². The Labute approximate surface area is 107 Å². The van der Waals surface area contributed by atoms with E-state index in [2.05, 4.69) is 18.9 Å². The summed E-state index contributed by atoms with van der Waals surface area (Å²) in [4.78, 5) is 21.1. The van der Waals surface area contributed by atoms with Gasteiger partial charge in [0.2, 0.25) is 0 Å². The van der Waals surface area contributed by atoms with Crippen LogP contribution >= 0.6 is 0 Å². The van der Waals surface area contributed by atoms with Gasteiger partial charge in [-0.05, 0) is 0 Å². The highest BCUT2D eigenvalue weighted by molar-refractivity contribution is 5.65. The predicted molar refractivity (Wildman–Crippen MR) is 63.1 cm³/mol. The highest BCUT2D eigenvalue weighted by Crippen LogP contribution is 1.86. The van der Waals surface area contributed by atoms with Crippen LogP contribution in [0.2, 0.25) is 0 Å². The zero-order valence-corrected chi connectivity index (χ0v) is 11.4. The molecule has 0 aromatic heterocycles. The molecule has 0 aromatic rings. The first-order valence-corrected chi connectivity index (χ1v) is 5.66. The second kappa shape index (κ2) is 15.7. The van der Waals surface area contributed by atoms with Crippen LogP contribution in [0, 0.1) is 0 Å². The topological polar surface area (TPSA) is 80.3 Å². The second-order valence-electron chi connectivity index (χ2n) is 2.60. The minimum absolute atomic E-state index is 0.0720. The first-order valence-electron chi connectivity index (χ1n) is 5.66. The summed E-state index contributed by atoms with van der Waals surface area (Å²) in [7, 11) is 1.39. The van der Waals surface area contributed by atoms with Crippen LogP contribution in [0.25, 0.3) is 0 Å². The van der Waals surface area contributed by atoms with E-state index in [0.717, 1.165) is 0 Å². The van der Waals surface area contributed by atoms with Gasteiger partial charge in [0.25, 0.3) is 0 Å². The van der Waals surface area contributed by atoms with Gasteiger partial charge in [-0.25, -0.2) is 4.79 Å². The van der Waals surface area contributed by atoms with Crippen molar-refractivity contribution < 1.29 is 33.3 Å². The number of methoxy groups -OCH3 is 1. The molecule has 7 nitrogen and oxygen atoms in total. The summed E-state index contributed by atoms with van der Waals surface area (Å²) in [6.07, 6.45) is -0.814. The molecular formula is C11H22O7. The van der Waals surface area contributed by atoms with Crippen molar-refractivity contribution in [1.82, 2.24) is 0 Å². The molecular weight excluding hydrogens is 244 g/mol. The average Bonchev–Trinajstić information content (AvgIpc) is 2.37. The molecule has 0 spiro atoms. The zero-order chi connectivity index (χ0) is 14.2. The maximum atomic E-state index is 10.7. The Morgan fingerprint density at radius 3 is 1.94 bits per heavy atom. The van der Waals surface area contributed by atoms with Crippen molar-refractivity contribution in [2.75, 3.05) is 40.3 Å². The van der Waals surface area contributed by atoms with E-state index in [0.29, 0.717) is 0 Å². The maximum Gasteiger partial charge on any atom is 0.510 e. The van der Waals surface area contributed by atoms with Gasteiger partial charge in [-0.3, -0.25) is 4.79 Å². The molecule has 108 valence electrons. The van der Waals surface area contributed by atoms with Gasteiger partial charge in [0.15, 0.2) is 6.79 Å². The highest BCUT2D eigenvalue weighted by atomic mass is 16.8. The van der Waals surface area contributed by atoms with Crippen LogP contribution in [0.4, 0.5) is 4.79 Å². The molecule has 0 aliphatic heterocycles. The molecule has 0 heterocycles. The van der Waals surface area contributed by atoms with Gasteiger partial charge >= 0.3 is 12.1 Å². The minimum Gasteiger partial charge on any atom is -0.463 e. The Kier molecular flexibility index (Phi) is 16.5. The number of carbonyl (C=O) groups excluding carboxylic acids is 2. The molecule has 0 aliphatic carbocycles. The highest BCUT2D eigenvalue weighted by Gasteiger charge is 2.02. The number of ether oxygens (including phenoxy) is 5. The molecule has 0 amide bonds. The van der Waals surface area contributed by atoms with Crippen molar-refractivity contribution in [2.24, 2.45) is 0 Å². The van der Waals surface area contributed by atoms with Gasteiger partial charge < -0.3 is 23.7 Å². The molecule has 0 unspecified atom stereocenters. The summed E-state index contributed by atoms with van der Waals surface area (Å²) >= 11 is 0. The van der Waals surface area contributed by atoms with Crippen LogP contribution in [0.5, 0.6) is 0 Å². The standard InChI is InChI=1S/C9H16O7.C2H6/c1-8(10)14-5-3-13-4-6-15-9(11)16-7-12-2;1-2/h3-7H2,1-2H3;1-2H3. The van der Waals surface area contributed by atoms with Gasteiger partial charge in [0.1, 0.15) is 13.2 Å². The maximum absolute atomic E-state index is 10.7. The fourth-order valence-corrected chi connectivity index (χ4v) is 0.679. The Morgan fingerprint density at radius 1 is 0.889 bits per heavy atom. The third-order valence-corrected chi connectivity index (χ3v) is 1.28. The Bertz CT molecular complexity index is 206. The van der Waals surface area contributed by atoms with E-state index in [9.17, 15) is 9.59 Å². The van der Waals surface area contributed by atoms with E-state index < -0.39 is 6.16 Å². The fraction of sp³-hybridized carbons (Fsp3) is 0.818. The van der Waals surface area contributed by atoms with Crippen LogP contribution in [0.3, 0.4) is 0 Å². The molecule has 0 rings (SSSR count). The number of esters is 1. The molecule has 0 saturated heterocycles. The average molecular weight is 266 g/mol. The fourth-order valence-electron chi connectivity index (χ4n) is 0.679. The van der Waals surface area contributed by atoms with Gasteiger partial charge in [-0.15, -0.1) is 0 Å². The molecule has 0 bridgehead atoms. The SMILES string of the molecule is CC.COCOC(=O)OCCOCCOC(C)=O. The zero-order valence-electron chi connectivity index (χ0n) is 11.4. The predicted octanol–water partition coefficient (Wildman–Crippen LogP) is 1.35. The Hall–Kier alpha value is -1.34. The lowest BCUT2D eigenvalue weighted by molar-refractivity contribution is -0.142. The van der Waals surface area contributed by atoms with Crippen molar-refractivity contribution in [3.63, 3.8) is 0 Å². The lowest BCUT2D eigenvalue weighted by atomic mass is 10.7. The van der Waals surface area contributed by atoms with E-state index >= 15 is 0 Å². The quantitative estimate of drug-likeness (QED) is 0.372. The van der Waals surface area contributed by atoms with Crippen LogP contribution < -0.4 is 0 Å². The number of hydrogen-bond donors (Lipinski definition) is 0. The summed E-state index contributed by atoms with van der Waals surface area (Å²) in [5.41, 5.74) is 0. The van der Waals surface area contributed by atoms with Crippen molar-refractivity contribution >= 4 is 12.1 Å². The van der Waals surface area contributed by atoms with E-state index in [-0.39, 0.29) is 39.2 Å². The lowest BCUT2D eigenvalue weighted by Crippen LogP contribution is -2.15. The number of hydrogen-bond acceptors (Lipinski definition) is 7. The third kappa shape index (κ3) is 17.1. The normalized spacial score (nSPS) is 8.89. The van der Waals surface area contributed by atoms with E-state index in [4.69, 9.17) is 4.74 Å². The summed E-state index contributed by atoms with van der Waals surface area (Å²) in [6, 6.07) is 0. The summed E-state index contributed by atoms with van der Waals surface area (Å²) in [5, 5.41) is 0. The van der Waals surface area contributed by atoms with Gasteiger partial charge in [0.05, 0.1) is 13.2 Å². The Balaban J connectivity index is 0. The molecule has 0 saturated carbocycles. The van der Waals surface area contributed by atoms with Crippen molar-refractivity contribution in [3.05, 3.63) is 0 Å².